The molecule has 0 bridgehead atoms. The molecule has 12 heteroatoms. The maximum atomic E-state index is 13.0. The standard InChI is InChI=1S/C22H16Br2N2O7S/c23-12-1-5-18(16(9-12)22(28)29)25-21(27)15-11-14(3-4-17(15)24)34(30,31)26-13-2-6-19-20(10-13)33-8-7-32-19/h1-6,9-11,26H,7-8H2,(H,25,27)(H,28,29). The van der Waals surface area contributed by atoms with Crippen LogP contribution in [0.2, 0.25) is 0 Å². The molecule has 0 radical (unpaired) electrons. The van der Waals surface area contributed by atoms with Gasteiger partial charge in [-0.25, -0.2) is 13.2 Å². The minimum atomic E-state index is -4.06. The van der Waals surface area contributed by atoms with E-state index in [1.165, 1.54) is 36.4 Å². The summed E-state index contributed by atoms with van der Waals surface area (Å²) in [6.45, 7) is 0.770. The third-order valence-electron chi connectivity index (χ3n) is 4.75. The first-order valence-electron chi connectivity index (χ1n) is 9.70. The highest BCUT2D eigenvalue weighted by Gasteiger charge is 2.21. The Bertz CT molecular complexity index is 1410. The molecule has 0 unspecified atom stereocenters. The van der Waals surface area contributed by atoms with E-state index in [9.17, 15) is 23.1 Å². The van der Waals surface area contributed by atoms with Gasteiger partial charge in [0.15, 0.2) is 11.5 Å². The maximum absolute atomic E-state index is 13.0. The Hall–Kier alpha value is -3.09. The van der Waals surface area contributed by atoms with Crippen LogP contribution in [-0.2, 0) is 10.0 Å². The monoisotopic (exact) mass is 610 g/mol. The van der Waals surface area contributed by atoms with Crippen LogP contribution in [0.4, 0.5) is 11.4 Å². The number of rotatable bonds is 6. The number of carboxylic acids is 1. The number of nitrogens with one attached hydrogen (secondary N) is 2. The highest BCUT2D eigenvalue weighted by Crippen LogP contribution is 2.33. The highest BCUT2D eigenvalue weighted by atomic mass is 79.9. The summed E-state index contributed by atoms with van der Waals surface area (Å²) in [6.07, 6.45) is 0. The van der Waals surface area contributed by atoms with E-state index in [4.69, 9.17) is 9.47 Å². The predicted molar refractivity (Wildman–Crippen MR) is 131 cm³/mol. The fraction of sp³-hybridized carbons (Fsp3) is 0.0909. The molecule has 1 amide bonds. The molecular formula is C22H16Br2N2O7S. The Morgan fingerprint density at radius 1 is 0.882 bits per heavy atom. The molecule has 0 aromatic heterocycles. The molecule has 1 aliphatic heterocycles. The fourth-order valence-electron chi connectivity index (χ4n) is 3.16. The third-order valence-corrected chi connectivity index (χ3v) is 7.31. The zero-order chi connectivity index (χ0) is 24.5. The van der Waals surface area contributed by atoms with Crippen LogP contribution in [0.15, 0.2) is 68.4 Å². The summed E-state index contributed by atoms with van der Waals surface area (Å²) in [5.74, 6) is -0.972. The van der Waals surface area contributed by atoms with Gasteiger partial charge in [0.05, 0.1) is 27.4 Å². The van der Waals surface area contributed by atoms with Crippen LogP contribution in [0, 0.1) is 0 Å². The first-order chi connectivity index (χ1) is 16.1. The van der Waals surface area contributed by atoms with Crippen LogP contribution in [0.25, 0.3) is 0 Å². The number of hydrogen-bond acceptors (Lipinski definition) is 6. The van der Waals surface area contributed by atoms with Crippen LogP contribution in [0.5, 0.6) is 11.5 Å². The summed E-state index contributed by atoms with van der Waals surface area (Å²) in [6, 6.07) is 13.0. The molecule has 0 saturated heterocycles. The highest BCUT2D eigenvalue weighted by molar-refractivity contribution is 9.10. The summed E-state index contributed by atoms with van der Waals surface area (Å²) in [7, 11) is -4.06. The van der Waals surface area contributed by atoms with E-state index in [0.29, 0.717) is 33.7 Å². The molecule has 9 nitrogen and oxygen atoms in total. The van der Waals surface area contributed by atoms with E-state index in [1.54, 1.807) is 18.2 Å². The van der Waals surface area contributed by atoms with Crippen molar-refractivity contribution in [2.24, 2.45) is 0 Å². The van der Waals surface area contributed by atoms with Crippen LogP contribution in [-0.4, -0.2) is 38.6 Å². The maximum Gasteiger partial charge on any atom is 0.337 e. The normalized spacial score (nSPS) is 12.6. The molecule has 3 aromatic carbocycles. The Kier molecular flexibility index (Phi) is 6.82. The average Bonchev–Trinajstić information content (AvgIpc) is 2.79. The number of hydrogen-bond donors (Lipinski definition) is 3. The number of carbonyl (C=O) groups excluding carboxylic acids is 1. The lowest BCUT2D eigenvalue weighted by Crippen LogP contribution is -2.18. The van der Waals surface area contributed by atoms with Crippen LogP contribution in [0.3, 0.4) is 0 Å². The molecule has 4 rings (SSSR count). The molecule has 0 saturated carbocycles. The molecule has 3 N–H and O–H groups in total. The van der Waals surface area contributed by atoms with Gasteiger partial charge in [0, 0.05) is 15.0 Å². The lowest BCUT2D eigenvalue weighted by molar-refractivity contribution is 0.0698. The van der Waals surface area contributed by atoms with E-state index < -0.39 is 21.9 Å². The van der Waals surface area contributed by atoms with Gasteiger partial charge < -0.3 is 19.9 Å². The predicted octanol–water partition coefficient (Wildman–Crippen LogP) is 4.73. The average molecular weight is 612 g/mol. The molecule has 1 aliphatic rings. The van der Waals surface area contributed by atoms with Crippen molar-refractivity contribution in [3.8, 4) is 11.5 Å². The zero-order valence-electron chi connectivity index (χ0n) is 17.2. The number of benzene rings is 3. The second-order valence-electron chi connectivity index (χ2n) is 7.05. The van der Waals surface area contributed by atoms with Crippen molar-refractivity contribution in [1.29, 1.82) is 0 Å². The third kappa shape index (κ3) is 5.18. The molecule has 3 aromatic rings. The second-order valence-corrected chi connectivity index (χ2v) is 10.5. The van der Waals surface area contributed by atoms with Gasteiger partial charge in [0.2, 0.25) is 0 Å². The van der Waals surface area contributed by atoms with Crippen LogP contribution < -0.4 is 19.5 Å². The van der Waals surface area contributed by atoms with Crippen molar-refractivity contribution in [3.63, 3.8) is 0 Å². The fourth-order valence-corrected chi connectivity index (χ4v) is 5.02. The molecule has 1 heterocycles. The number of amides is 1. The van der Waals surface area contributed by atoms with Gasteiger partial charge in [0.1, 0.15) is 13.2 Å². The quantitative estimate of drug-likeness (QED) is 0.367. The van der Waals surface area contributed by atoms with Gasteiger partial charge in [-0.1, -0.05) is 15.9 Å². The number of carboxylic acid groups (broad SMARTS) is 1. The van der Waals surface area contributed by atoms with Crippen molar-refractivity contribution in [2.75, 3.05) is 23.3 Å². The number of aromatic carboxylic acids is 1. The molecule has 0 atom stereocenters. The topological polar surface area (TPSA) is 131 Å². The van der Waals surface area contributed by atoms with Crippen molar-refractivity contribution >= 4 is 65.1 Å². The molecule has 176 valence electrons. The number of anilines is 2. The number of halogens is 2. The number of carbonyl (C=O) groups is 2. The summed E-state index contributed by atoms with van der Waals surface area (Å²) < 4.78 is 40.2. The second kappa shape index (κ2) is 9.65. The molecule has 0 spiro atoms. The minimum absolute atomic E-state index is 0.00399. The van der Waals surface area contributed by atoms with E-state index in [0.717, 1.165) is 0 Å². The summed E-state index contributed by atoms with van der Waals surface area (Å²) in [4.78, 5) is 24.3. The lowest BCUT2D eigenvalue weighted by Gasteiger charge is -2.19. The number of ether oxygens (including phenoxy) is 2. The van der Waals surface area contributed by atoms with Crippen molar-refractivity contribution in [1.82, 2.24) is 0 Å². The zero-order valence-corrected chi connectivity index (χ0v) is 21.2. The van der Waals surface area contributed by atoms with Gasteiger partial charge in [-0.05, 0) is 64.5 Å². The van der Waals surface area contributed by atoms with Gasteiger partial charge >= 0.3 is 5.97 Å². The van der Waals surface area contributed by atoms with Gasteiger partial charge in [-0.2, -0.15) is 0 Å². The Labute approximate surface area is 211 Å². The number of fused-ring (bicyclic) bond motifs is 1. The Balaban J connectivity index is 1.60. The Morgan fingerprint density at radius 3 is 2.35 bits per heavy atom. The van der Waals surface area contributed by atoms with Gasteiger partial charge in [-0.3, -0.25) is 9.52 Å². The summed E-state index contributed by atoms with van der Waals surface area (Å²) in [5.41, 5.74) is 0.210. The summed E-state index contributed by atoms with van der Waals surface area (Å²) >= 11 is 6.44. The lowest BCUT2D eigenvalue weighted by atomic mass is 10.1. The van der Waals surface area contributed by atoms with Crippen LogP contribution in [0.1, 0.15) is 20.7 Å². The number of sulfonamides is 1. The van der Waals surface area contributed by atoms with Crippen LogP contribution >= 0.6 is 31.9 Å². The first kappa shape index (κ1) is 24.0. The van der Waals surface area contributed by atoms with E-state index in [2.05, 4.69) is 41.9 Å². The molecular weight excluding hydrogens is 596 g/mol. The van der Waals surface area contributed by atoms with E-state index >= 15 is 0 Å². The van der Waals surface area contributed by atoms with Crippen molar-refractivity contribution in [3.05, 3.63) is 74.7 Å². The largest absolute Gasteiger partial charge is 0.486 e. The molecule has 0 fully saturated rings. The van der Waals surface area contributed by atoms with Gasteiger partial charge in [-0.15, -0.1) is 0 Å². The van der Waals surface area contributed by atoms with Crippen molar-refractivity contribution in [2.45, 2.75) is 4.90 Å². The molecule has 0 aliphatic carbocycles. The molecule has 34 heavy (non-hydrogen) atoms. The smallest absolute Gasteiger partial charge is 0.337 e. The summed E-state index contributed by atoms with van der Waals surface area (Å²) in [5, 5.41) is 11.9. The van der Waals surface area contributed by atoms with E-state index in [-0.39, 0.29) is 27.4 Å². The first-order valence-corrected chi connectivity index (χ1v) is 12.8. The van der Waals surface area contributed by atoms with Gasteiger partial charge in [0.25, 0.3) is 15.9 Å². The Morgan fingerprint density at radius 2 is 1.62 bits per heavy atom. The minimum Gasteiger partial charge on any atom is -0.486 e. The van der Waals surface area contributed by atoms with Crippen molar-refractivity contribution < 1.29 is 32.6 Å². The SMILES string of the molecule is O=C(Nc1ccc(Br)cc1C(=O)O)c1cc(S(=O)(=O)Nc2ccc3c(c2)OCCO3)ccc1Br. The van der Waals surface area contributed by atoms with E-state index in [1.807, 2.05) is 0 Å².